The number of hydrogen-bond donors (Lipinski definition) is 1. The summed E-state index contributed by atoms with van der Waals surface area (Å²) in [6.45, 7) is 1.73. The number of dihydropyridines is 1. The maximum Gasteiger partial charge on any atom is 0.336 e. The lowest BCUT2D eigenvalue weighted by atomic mass is 9.72. The third kappa shape index (κ3) is 3.49. The minimum atomic E-state index is -0.918. The number of rotatable bonds is 3. The summed E-state index contributed by atoms with van der Waals surface area (Å²) < 4.78 is 16.3. The smallest absolute Gasteiger partial charge is 0.336 e. The molecule has 2 atom stereocenters. The van der Waals surface area contributed by atoms with Gasteiger partial charge in [-0.3, -0.25) is 9.59 Å². The lowest BCUT2D eigenvalue weighted by Gasteiger charge is -2.35. The Morgan fingerprint density at radius 1 is 1.18 bits per heavy atom. The van der Waals surface area contributed by atoms with Crippen molar-refractivity contribution in [3.05, 3.63) is 92.0 Å². The quantitative estimate of drug-likeness (QED) is 0.565. The van der Waals surface area contributed by atoms with E-state index in [2.05, 4.69) is 5.32 Å². The largest absolute Gasteiger partial charge is 0.469 e. The van der Waals surface area contributed by atoms with Crippen molar-refractivity contribution < 1.29 is 23.2 Å². The van der Waals surface area contributed by atoms with Gasteiger partial charge in [-0.15, -0.1) is 0 Å². The molecular weight excluding hydrogens is 446 g/mol. The van der Waals surface area contributed by atoms with Crippen molar-refractivity contribution in [3.8, 4) is 0 Å². The molecule has 0 bridgehead atoms. The fourth-order valence-electron chi connectivity index (χ4n) is 4.77. The summed E-state index contributed by atoms with van der Waals surface area (Å²) in [5, 5.41) is 3.87. The van der Waals surface area contributed by atoms with E-state index in [-0.39, 0.29) is 40.1 Å². The maximum absolute atomic E-state index is 13.5. The Morgan fingerprint density at radius 3 is 2.73 bits per heavy atom. The van der Waals surface area contributed by atoms with E-state index in [1.54, 1.807) is 31.4 Å². The Balaban J connectivity index is 1.71. The SMILES string of the molecule is COC(=O)C1=C(C)NC2=C(C(=O)C[C@@H](c3ccco3)C2)[C@@H]1c1coc2ccc(Cl)cc2c1=O. The molecule has 0 unspecified atom stereocenters. The predicted octanol–water partition coefficient (Wildman–Crippen LogP) is 4.57. The van der Waals surface area contributed by atoms with Crippen molar-refractivity contribution in [2.75, 3.05) is 7.11 Å². The van der Waals surface area contributed by atoms with Crippen LogP contribution in [0.1, 0.15) is 42.9 Å². The number of esters is 1. The van der Waals surface area contributed by atoms with Gasteiger partial charge in [0.1, 0.15) is 11.3 Å². The van der Waals surface area contributed by atoms with Crippen LogP contribution in [0.25, 0.3) is 11.0 Å². The summed E-state index contributed by atoms with van der Waals surface area (Å²) in [4.78, 5) is 39.8. The number of allylic oxidation sites excluding steroid dienone is 3. The second kappa shape index (κ2) is 8.08. The highest BCUT2D eigenvalue weighted by atomic mass is 35.5. The number of carbonyl (C=O) groups is 2. The first-order valence-corrected chi connectivity index (χ1v) is 10.8. The van der Waals surface area contributed by atoms with Crippen molar-refractivity contribution in [1.82, 2.24) is 5.32 Å². The van der Waals surface area contributed by atoms with Crippen molar-refractivity contribution in [2.45, 2.75) is 31.6 Å². The van der Waals surface area contributed by atoms with Gasteiger partial charge in [0.15, 0.2) is 11.2 Å². The molecule has 1 aliphatic carbocycles. The highest BCUT2D eigenvalue weighted by Gasteiger charge is 2.43. The molecular formula is C25H20ClNO6. The molecule has 1 aromatic carbocycles. The second-order valence-electron chi connectivity index (χ2n) is 8.18. The zero-order valence-electron chi connectivity index (χ0n) is 17.9. The van der Waals surface area contributed by atoms with Crippen LogP contribution in [0.15, 0.2) is 79.0 Å². The first kappa shape index (κ1) is 21.3. The molecule has 5 rings (SSSR count). The molecule has 8 heteroatoms. The molecule has 0 saturated heterocycles. The maximum atomic E-state index is 13.5. The molecule has 7 nitrogen and oxygen atoms in total. The van der Waals surface area contributed by atoms with Crippen LogP contribution in [0.2, 0.25) is 5.02 Å². The Labute approximate surface area is 193 Å². The summed E-state index contributed by atoms with van der Waals surface area (Å²) in [5.41, 5.74) is 1.95. The molecule has 33 heavy (non-hydrogen) atoms. The molecule has 0 saturated carbocycles. The van der Waals surface area contributed by atoms with E-state index in [9.17, 15) is 14.4 Å². The summed E-state index contributed by atoms with van der Waals surface area (Å²) in [6.07, 6.45) is 3.60. The number of benzene rings is 1. The van der Waals surface area contributed by atoms with Gasteiger partial charge in [-0.1, -0.05) is 11.6 Å². The van der Waals surface area contributed by atoms with Crippen molar-refractivity contribution in [1.29, 1.82) is 0 Å². The molecule has 0 fully saturated rings. The standard InChI is InChI=1S/C25H20ClNO6/c1-12-21(25(30)31-2)22(16-11-33-20-6-5-14(26)10-15(20)24(16)29)23-17(27-12)8-13(9-18(23)28)19-4-3-7-32-19/h3-7,10-11,13,22,27H,8-9H2,1-2H3/t13-,22+/m0/s1. The number of hydrogen-bond acceptors (Lipinski definition) is 7. The van der Waals surface area contributed by atoms with E-state index in [0.717, 1.165) is 0 Å². The molecule has 0 spiro atoms. The number of carbonyl (C=O) groups excluding carboxylic acids is 2. The molecule has 2 aliphatic rings. The molecule has 168 valence electrons. The summed E-state index contributed by atoms with van der Waals surface area (Å²) >= 11 is 6.11. The average molecular weight is 466 g/mol. The van der Waals surface area contributed by atoms with Crippen LogP contribution in [0, 0.1) is 0 Å². The molecule has 0 amide bonds. The van der Waals surface area contributed by atoms with Crippen LogP contribution in [0.4, 0.5) is 0 Å². The highest BCUT2D eigenvalue weighted by molar-refractivity contribution is 6.31. The molecule has 1 aliphatic heterocycles. The van der Waals surface area contributed by atoms with Crippen LogP contribution in [0.5, 0.6) is 0 Å². The van der Waals surface area contributed by atoms with Gasteiger partial charge in [0.25, 0.3) is 0 Å². The zero-order valence-corrected chi connectivity index (χ0v) is 18.7. The van der Waals surface area contributed by atoms with Crippen molar-refractivity contribution in [3.63, 3.8) is 0 Å². The van der Waals surface area contributed by atoms with Crippen LogP contribution in [-0.2, 0) is 14.3 Å². The van der Waals surface area contributed by atoms with Crippen LogP contribution in [0.3, 0.4) is 0 Å². The average Bonchev–Trinajstić information content (AvgIpc) is 3.33. The Kier molecular flexibility index (Phi) is 5.21. The van der Waals surface area contributed by atoms with Gasteiger partial charge in [-0.2, -0.15) is 0 Å². The molecule has 1 N–H and O–H groups in total. The van der Waals surface area contributed by atoms with Gasteiger partial charge in [-0.05, 0) is 43.7 Å². The Bertz CT molecular complexity index is 1410. The number of Topliss-reactive ketones (excluding diaryl/α,β-unsaturated/α-hetero) is 1. The van der Waals surface area contributed by atoms with Crippen LogP contribution < -0.4 is 10.7 Å². The van der Waals surface area contributed by atoms with E-state index in [1.165, 1.54) is 19.4 Å². The molecule has 2 aromatic heterocycles. The number of ketones is 1. The number of fused-ring (bicyclic) bond motifs is 1. The number of furan rings is 1. The Morgan fingerprint density at radius 2 is 2.00 bits per heavy atom. The van der Waals surface area contributed by atoms with Gasteiger partial charge >= 0.3 is 5.97 Å². The second-order valence-corrected chi connectivity index (χ2v) is 8.62. The fourth-order valence-corrected chi connectivity index (χ4v) is 4.94. The summed E-state index contributed by atoms with van der Waals surface area (Å²) in [5.74, 6) is -1.14. The van der Waals surface area contributed by atoms with Gasteiger partial charge in [0.2, 0.25) is 0 Å². The number of halogens is 1. The van der Waals surface area contributed by atoms with Crippen molar-refractivity contribution in [2.24, 2.45) is 0 Å². The third-order valence-electron chi connectivity index (χ3n) is 6.25. The first-order chi connectivity index (χ1) is 15.9. The normalized spacial score (nSPS) is 20.6. The first-order valence-electron chi connectivity index (χ1n) is 10.5. The summed E-state index contributed by atoms with van der Waals surface area (Å²) in [6, 6.07) is 8.38. The van der Waals surface area contributed by atoms with E-state index < -0.39 is 11.9 Å². The van der Waals surface area contributed by atoms with Gasteiger partial charge in [0, 0.05) is 39.9 Å². The summed E-state index contributed by atoms with van der Waals surface area (Å²) in [7, 11) is 1.27. The van der Waals surface area contributed by atoms with E-state index in [0.29, 0.717) is 39.8 Å². The monoisotopic (exact) mass is 465 g/mol. The lowest BCUT2D eigenvalue weighted by molar-refractivity contribution is -0.136. The number of nitrogens with one attached hydrogen (secondary N) is 1. The zero-order chi connectivity index (χ0) is 23.3. The van der Waals surface area contributed by atoms with E-state index in [1.807, 2.05) is 6.07 Å². The predicted molar refractivity (Wildman–Crippen MR) is 121 cm³/mol. The minimum Gasteiger partial charge on any atom is -0.469 e. The van der Waals surface area contributed by atoms with Gasteiger partial charge in [-0.25, -0.2) is 4.79 Å². The van der Waals surface area contributed by atoms with Gasteiger partial charge < -0.3 is 18.9 Å². The Hall–Kier alpha value is -3.58. The van der Waals surface area contributed by atoms with Crippen LogP contribution >= 0.6 is 11.6 Å². The highest BCUT2D eigenvalue weighted by Crippen LogP contribution is 2.45. The molecule has 0 radical (unpaired) electrons. The van der Waals surface area contributed by atoms with Crippen molar-refractivity contribution >= 4 is 34.3 Å². The minimum absolute atomic E-state index is 0.140. The van der Waals surface area contributed by atoms with E-state index >= 15 is 0 Å². The lowest BCUT2D eigenvalue weighted by Crippen LogP contribution is -2.37. The molecule has 3 heterocycles. The number of ether oxygens (including phenoxy) is 1. The van der Waals surface area contributed by atoms with Crippen LogP contribution in [-0.4, -0.2) is 18.9 Å². The van der Waals surface area contributed by atoms with Gasteiger partial charge in [0.05, 0.1) is 36.5 Å². The van der Waals surface area contributed by atoms with E-state index in [4.69, 9.17) is 25.2 Å². The number of methoxy groups -OCH3 is 1. The fraction of sp³-hybridized carbons (Fsp3) is 0.240. The molecule has 3 aromatic rings. The topological polar surface area (TPSA) is 98.8 Å². The third-order valence-corrected chi connectivity index (χ3v) is 6.49.